The van der Waals surface area contributed by atoms with Gasteiger partial charge in [0.05, 0.1) is 0 Å². The van der Waals surface area contributed by atoms with Crippen LogP contribution in [0.25, 0.3) is 0 Å². The number of allylic oxidation sites excluding steroid dienone is 2. The maximum absolute atomic E-state index is 2.39. The van der Waals surface area contributed by atoms with E-state index >= 15 is 0 Å². The Morgan fingerprint density at radius 1 is 0.929 bits per heavy atom. The molecule has 0 N–H and O–H groups in total. The number of hydrogen-bond donors (Lipinski definition) is 0. The molecule has 0 fully saturated rings. The SMILES string of the molecule is CCC=CCCC(C)CCCC(C)C. The summed E-state index contributed by atoms with van der Waals surface area (Å²) in [6, 6.07) is 0. The molecule has 0 heterocycles. The lowest BCUT2D eigenvalue weighted by molar-refractivity contribution is 0.439. The average Bonchev–Trinajstić information content (AvgIpc) is 2.12. The third kappa shape index (κ3) is 9.83. The van der Waals surface area contributed by atoms with Crippen molar-refractivity contribution in [3.05, 3.63) is 12.2 Å². The lowest BCUT2D eigenvalue weighted by Crippen LogP contribution is -1.96. The van der Waals surface area contributed by atoms with Gasteiger partial charge in [-0.3, -0.25) is 0 Å². The van der Waals surface area contributed by atoms with Crippen LogP contribution in [0, 0.1) is 11.8 Å². The smallest absolute Gasteiger partial charge is 0.0348 e. The normalized spacial score (nSPS) is 14.1. The van der Waals surface area contributed by atoms with Crippen molar-refractivity contribution in [1.29, 1.82) is 0 Å². The molecule has 0 aliphatic carbocycles. The summed E-state index contributed by atoms with van der Waals surface area (Å²) in [6.07, 6.45) is 12.7. The van der Waals surface area contributed by atoms with Crippen molar-refractivity contribution in [1.82, 2.24) is 0 Å². The predicted octanol–water partition coefficient (Wildman–Crippen LogP) is 5.20. The van der Waals surface area contributed by atoms with Crippen molar-refractivity contribution in [2.45, 2.75) is 66.2 Å². The Kier molecular flexibility index (Phi) is 9.13. The zero-order valence-electron chi connectivity index (χ0n) is 10.6. The summed E-state index contributed by atoms with van der Waals surface area (Å²) in [5.41, 5.74) is 0. The molecule has 0 nitrogen and oxygen atoms in total. The molecule has 1 unspecified atom stereocenters. The molecule has 0 saturated heterocycles. The van der Waals surface area contributed by atoms with E-state index in [1.54, 1.807) is 0 Å². The monoisotopic (exact) mass is 196 g/mol. The van der Waals surface area contributed by atoms with Crippen LogP contribution in [0.5, 0.6) is 0 Å². The van der Waals surface area contributed by atoms with Crippen molar-refractivity contribution in [3.63, 3.8) is 0 Å². The third-order valence-corrected chi connectivity index (χ3v) is 2.71. The highest BCUT2D eigenvalue weighted by atomic mass is 14.1. The fourth-order valence-electron chi connectivity index (χ4n) is 1.68. The Morgan fingerprint density at radius 3 is 2.21 bits per heavy atom. The number of hydrogen-bond acceptors (Lipinski definition) is 0. The van der Waals surface area contributed by atoms with Crippen LogP contribution in [0.2, 0.25) is 0 Å². The lowest BCUT2D eigenvalue weighted by atomic mass is 9.96. The van der Waals surface area contributed by atoms with Crippen LogP contribution in [0.15, 0.2) is 12.2 Å². The largest absolute Gasteiger partial charge is 0.0888 e. The van der Waals surface area contributed by atoms with Gasteiger partial charge in [0.1, 0.15) is 0 Å². The minimum absolute atomic E-state index is 0.877. The van der Waals surface area contributed by atoms with Gasteiger partial charge in [-0.25, -0.2) is 0 Å². The maximum Gasteiger partial charge on any atom is -0.0348 e. The zero-order chi connectivity index (χ0) is 10.8. The van der Waals surface area contributed by atoms with E-state index in [0.29, 0.717) is 0 Å². The molecular formula is C14H28. The molecule has 0 aromatic carbocycles. The van der Waals surface area contributed by atoms with Crippen molar-refractivity contribution in [2.75, 3.05) is 0 Å². The maximum atomic E-state index is 2.39. The van der Waals surface area contributed by atoms with E-state index < -0.39 is 0 Å². The molecule has 0 bridgehead atoms. The van der Waals surface area contributed by atoms with Crippen LogP contribution in [0.4, 0.5) is 0 Å². The van der Waals surface area contributed by atoms with E-state index in [-0.39, 0.29) is 0 Å². The molecule has 0 radical (unpaired) electrons. The Balaban J connectivity index is 3.27. The topological polar surface area (TPSA) is 0 Å². The van der Waals surface area contributed by atoms with Gasteiger partial charge in [0.15, 0.2) is 0 Å². The standard InChI is InChI=1S/C14H28/c1-5-6-7-8-11-14(4)12-9-10-13(2)3/h6-7,13-14H,5,8-12H2,1-4H3. The predicted molar refractivity (Wildman–Crippen MR) is 66.5 cm³/mol. The van der Waals surface area contributed by atoms with Crippen LogP contribution in [0.3, 0.4) is 0 Å². The second-order valence-corrected chi connectivity index (χ2v) is 4.89. The summed E-state index contributed by atoms with van der Waals surface area (Å²) in [6.45, 7) is 9.21. The van der Waals surface area contributed by atoms with Crippen molar-refractivity contribution < 1.29 is 0 Å². The van der Waals surface area contributed by atoms with E-state index in [1.807, 2.05) is 0 Å². The highest BCUT2D eigenvalue weighted by molar-refractivity contribution is 4.80. The first-order valence-electron chi connectivity index (χ1n) is 6.31. The summed E-state index contributed by atoms with van der Waals surface area (Å²) in [5, 5.41) is 0. The van der Waals surface area contributed by atoms with E-state index in [4.69, 9.17) is 0 Å². The lowest BCUT2D eigenvalue weighted by Gasteiger charge is -2.10. The first kappa shape index (κ1) is 13.7. The van der Waals surface area contributed by atoms with Gasteiger partial charge in [-0.2, -0.15) is 0 Å². The van der Waals surface area contributed by atoms with Crippen LogP contribution in [0.1, 0.15) is 66.2 Å². The summed E-state index contributed by atoms with van der Waals surface area (Å²) in [4.78, 5) is 0. The van der Waals surface area contributed by atoms with E-state index in [2.05, 4.69) is 39.8 Å². The molecule has 1 atom stereocenters. The second-order valence-electron chi connectivity index (χ2n) is 4.89. The van der Waals surface area contributed by atoms with Gasteiger partial charge in [0, 0.05) is 0 Å². The Bertz CT molecular complexity index is 133. The van der Waals surface area contributed by atoms with Gasteiger partial charge in [0.2, 0.25) is 0 Å². The Labute approximate surface area is 90.8 Å². The minimum Gasteiger partial charge on any atom is -0.0888 e. The molecule has 0 spiro atoms. The van der Waals surface area contributed by atoms with Crippen LogP contribution in [-0.2, 0) is 0 Å². The van der Waals surface area contributed by atoms with Gasteiger partial charge in [0.25, 0.3) is 0 Å². The fourth-order valence-corrected chi connectivity index (χ4v) is 1.68. The molecule has 14 heavy (non-hydrogen) atoms. The van der Waals surface area contributed by atoms with E-state index in [9.17, 15) is 0 Å². The zero-order valence-corrected chi connectivity index (χ0v) is 10.6. The molecule has 0 aliphatic rings. The van der Waals surface area contributed by atoms with Crippen molar-refractivity contribution in [3.8, 4) is 0 Å². The highest BCUT2D eigenvalue weighted by Gasteiger charge is 2.01. The Hall–Kier alpha value is -0.260. The molecule has 0 aliphatic heterocycles. The molecule has 0 heteroatoms. The number of rotatable bonds is 8. The quantitative estimate of drug-likeness (QED) is 0.468. The molecular weight excluding hydrogens is 168 g/mol. The summed E-state index contributed by atoms with van der Waals surface area (Å²) < 4.78 is 0. The third-order valence-electron chi connectivity index (χ3n) is 2.71. The van der Waals surface area contributed by atoms with Crippen LogP contribution >= 0.6 is 0 Å². The summed E-state index contributed by atoms with van der Waals surface area (Å²) >= 11 is 0. The first-order chi connectivity index (χ1) is 6.66. The summed E-state index contributed by atoms with van der Waals surface area (Å²) in [7, 11) is 0. The van der Waals surface area contributed by atoms with Crippen molar-refractivity contribution in [2.24, 2.45) is 11.8 Å². The van der Waals surface area contributed by atoms with Gasteiger partial charge in [-0.15, -0.1) is 0 Å². The second kappa shape index (κ2) is 9.30. The van der Waals surface area contributed by atoms with E-state index in [1.165, 1.54) is 38.5 Å². The van der Waals surface area contributed by atoms with Gasteiger partial charge < -0.3 is 0 Å². The summed E-state index contributed by atoms with van der Waals surface area (Å²) in [5.74, 6) is 1.79. The van der Waals surface area contributed by atoms with E-state index in [0.717, 1.165) is 11.8 Å². The minimum atomic E-state index is 0.877. The molecule has 0 aromatic heterocycles. The van der Waals surface area contributed by atoms with Crippen LogP contribution < -0.4 is 0 Å². The first-order valence-corrected chi connectivity index (χ1v) is 6.31. The van der Waals surface area contributed by atoms with Gasteiger partial charge in [-0.05, 0) is 31.1 Å². The van der Waals surface area contributed by atoms with Crippen molar-refractivity contribution >= 4 is 0 Å². The van der Waals surface area contributed by atoms with Crippen LogP contribution in [-0.4, -0.2) is 0 Å². The average molecular weight is 196 g/mol. The Morgan fingerprint density at radius 2 is 1.64 bits per heavy atom. The molecule has 0 aromatic rings. The molecule has 0 amide bonds. The molecule has 84 valence electrons. The highest BCUT2D eigenvalue weighted by Crippen LogP contribution is 2.16. The molecule has 0 rings (SSSR count). The fraction of sp³-hybridized carbons (Fsp3) is 0.857. The van der Waals surface area contributed by atoms with Gasteiger partial charge in [-0.1, -0.05) is 59.1 Å². The van der Waals surface area contributed by atoms with Gasteiger partial charge >= 0.3 is 0 Å². The molecule has 0 saturated carbocycles.